The third kappa shape index (κ3) is 19.5. The van der Waals surface area contributed by atoms with E-state index in [0.29, 0.717) is 51.5 Å². The second-order valence-corrected chi connectivity index (χ2v) is 26.8. The molecule has 0 unspecified atom stereocenters. The van der Waals surface area contributed by atoms with Crippen LogP contribution in [0.4, 0.5) is 30.6 Å². The number of rotatable bonds is 9. The molecule has 5 saturated heterocycles. The van der Waals surface area contributed by atoms with Gasteiger partial charge in [0.1, 0.15) is 56.6 Å². The van der Waals surface area contributed by atoms with Crippen molar-refractivity contribution in [2.45, 2.75) is 141 Å². The summed E-state index contributed by atoms with van der Waals surface area (Å²) >= 11 is 5.53. The van der Waals surface area contributed by atoms with Gasteiger partial charge in [-0.15, -0.1) is 0 Å². The Morgan fingerprint density at radius 3 is 1.13 bits per heavy atom. The molecule has 11 rings (SSSR count). The van der Waals surface area contributed by atoms with Crippen LogP contribution < -0.4 is 41.7 Å². The molecular weight excluding hydrogens is 1410 g/mol. The van der Waals surface area contributed by atoms with Crippen molar-refractivity contribution in [1.29, 1.82) is 0 Å². The molecular formula is C62H82B3BrF3ILiN9O15. The third-order valence-corrected chi connectivity index (χ3v) is 17.4. The van der Waals surface area contributed by atoms with E-state index >= 15 is 0 Å². The van der Waals surface area contributed by atoms with Crippen LogP contribution in [0.2, 0.25) is 0 Å². The molecule has 0 saturated carbocycles. The fraction of sp³-hybridized carbons (Fsp3) is 0.468. The molecule has 0 radical (unpaired) electrons. The molecule has 3 aromatic carbocycles. The third-order valence-electron chi connectivity index (χ3n) is 16.3. The summed E-state index contributed by atoms with van der Waals surface area (Å²) in [5.74, 6) is -3.67. The quantitative estimate of drug-likeness (QED) is 0.0420. The zero-order chi connectivity index (χ0) is 67.3. The Bertz CT molecular complexity index is 3580. The largest absolute Gasteiger partial charge is 1.00 e. The van der Waals surface area contributed by atoms with E-state index in [1.165, 1.54) is 82.3 Å². The van der Waals surface area contributed by atoms with Gasteiger partial charge in [0.25, 0.3) is 0 Å². The molecule has 5 fully saturated rings. The number of methoxy groups -OCH3 is 3. The van der Waals surface area contributed by atoms with Gasteiger partial charge in [0.2, 0.25) is 0 Å². The maximum Gasteiger partial charge on any atom is 1.00 e. The number of hydrogen-bond donors (Lipinski definition) is 3. The normalized spacial score (nSPS) is 17.9. The van der Waals surface area contributed by atoms with E-state index in [9.17, 15) is 27.6 Å². The van der Waals surface area contributed by atoms with E-state index in [-0.39, 0.29) is 107 Å². The molecule has 0 amide bonds. The molecule has 5 aliphatic rings. The van der Waals surface area contributed by atoms with E-state index < -0.39 is 67.7 Å². The molecule has 8 heterocycles. The fourth-order valence-corrected chi connectivity index (χ4v) is 9.33. The first-order valence-corrected chi connectivity index (χ1v) is 30.5. The summed E-state index contributed by atoms with van der Waals surface area (Å²) in [4.78, 5) is 59.4. The average molecular weight is 1500 g/mol. The summed E-state index contributed by atoms with van der Waals surface area (Å²) in [5, 5.41) is 0. The van der Waals surface area contributed by atoms with Crippen LogP contribution in [0.15, 0.2) is 77.8 Å². The van der Waals surface area contributed by atoms with Gasteiger partial charge in [0.05, 0.1) is 126 Å². The van der Waals surface area contributed by atoms with E-state index in [1.807, 2.05) is 83.1 Å². The summed E-state index contributed by atoms with van der Waals surface area (Å²) in [6, 6.07) is 12.1. The Hall–Kier alpha value is -5.86. The minimum atomic E-state index is -0.760. The molecule has 0 bridgehead atoms. The smallest absolute Gasteiger partial charge is 0.870 e. The van der Waals surface area contributed by atoms with Crippen LogP contribution in [-0.4, -0.2) is 160 Å². The van der Waals surface area contributed by atoms with E-state index in [2.05, 4.69) is 82.6 Å². The van der Waals surface area contributed by atoms with Gasteiger partial charge in [-0.2, -0.15) is 0 Å². The molecule has 7 N–H and O–H groups in total. The first kappa shape index (κ1) is 83.4. The van der Waals surface area contributed by atoms with Gasteiger partial charge in [-0.1, -0.05) is 55.6 Å². The van der Waals surface area contributed by atoms with Crippen molar-refractivity contribution in [2.75, 3.05) is 65.0 Å². The van der Waals surface area contributed by atoms with Crippen molar-refractivity contribution in [3.63, 3.8) is 0 Å². The van der Waals surface area contributed by atoms with Crippen molar-refractivity contribution in [3.8, 4) is 33.8 Å². The van der Waals surface area contributed by atoms with Gasteiger partial charge in [-0.25, -0.2) is 52.5 Å². The molecule has 3 aromatic heterocycles. The predicted octanol–water partition coefficient (Wildman–Crippen LogP) is 7.30. The summed E-state index contributed by atoms with van der Waals surface area (Å²) < 4.78 is 103. The summed E-state index contributed by atoms with van der Waals surface area (Å²) in [6.45, 7) is 27.1. The molecule has 95 heavy (non-hydrogen) atoms. The molecule has 5 aliphatic heterocycles. The number of benzene rings is 3. The van der Waals surface area contributed by atoms with Crippen LogP contribution in [0, 0.1) is 17.5 Å². The Kier molecular flexibility index (Phi) is 29.5. The minimum absolute atomic E-state index is 0. The topological polar surface area (TPSA) is 338 Å². The summed E-state index contributed by atoms with van der Waals surface area (Å²) in [6.07, 6.45) is 4.52. The number of carbonyl (C=O) groups is 3. The van der Waals surface area contributed by atoms with Gasteiger partial charge in [0, 0.05) is 28.8 Å². The van der Waals surface area contributed by atoms with Gasteiger partial charge >= 0.3 is 57.9 Å². The molecule has 0 spiro atoms. The standard InChI is InChI=1S/C18H21BFN3O4.C15H14FN3O3.C12H24B2O4.C12H9BrFN3O2.C3H5IO.2CH4.Li.H2O/c1-17(2)18(3,4)27-19(26-17)13-9-22-15(21)14(23-13)10-6-7-11(12(20)8-10)16(24)25-5;1-21-15(20)10-3-2-8(4-11(10)16)13-14(17)18-5-12(19-13)9-6-22-7-9;1-9(2)10(3,4)16-13(15-9)14-17-11(5,6)12(7,8)18-14;1-19-12(18)7-3-2-6(4-8(7)14)10-11(15)16-5-9(13)17-10;4-3-1-5-2-3;;;;/h6-9H,1-5H3,(H2,21,22);2-5,9H,6-7H2,1H3,(H2,17,18);1-8H3;2-5H,1H3,(H2,15,16);3H,1-2H2;2*1H4;;1H2/q;;;;;;;+1;/p-1. The number of halogens is 5. The van der Waals surface area contributed by atoms with Crippen LogP contribution >= 0.6 is 38.5 Å². The number of esters is 3. The molecule has 0 aliphatic carbocycles. The first-order chi connectivity index (χ1) is 42.4. The van der Waals surface area contributed by atoms with Gasteiger partial charge < -0.3 is 74.3 Å². The molecule has 510 valence electrons. The number of alkyl halides is 1. The van der Waals surface area contributed by atoms with Crippen molar-refractivity contribution < 1.29 is 104 Å². The van der Waals surface area contributed by atoms with Crippen molar-refractivity contribution in [2.24, 2.45) is 0 Å². The number of carbonyl (C=O) groups excluding carboxylic acids is 3. The Morgan fingerprint density at radius 1 is 0.516 bits per heavy atom. The number of ether oxygens (including phenoxy) is 5. The van der Waals surface area contributed by atoms with Crippen LogP contribution in [0.25, 0.3) is 33.8 Å². The van der Waals surface area contributed by atoms with Crippen molar-refractivity contribution in [1.82, 2.24) is 29.9 Å². The maximum atomic E-state index is 14.3. The van der Waals surface area contributed by atoms with Gasteiger partial charge in [0.15, 0.2) is 0 Å². The van der Waals surface area contributed by atoms with Gasteiger partial charge in [-0.05, 0) is 135 Å². The number of anilines is 3. The minimum Gasteiger partial charge on any atom is -0.870 e. The molecule has 0 atom stereocenters. The number of aromatic nitrogens is 6. The first-order valence-electron chi connectivity index (χ1n) is 28.5. The zero-order valence-electron chi connectivity index (χ0n) is 54.6. The van der Waals surface area contributed by atoms with Crippen molar-refractivity contribution >= 4 is 101 Å². The number of nitrogens with zero attached hydrogens (tertiary/aromatic N) is 6. The Balaban J connectivity index is 0.000000320. The number of hydrogen-bond acceptors (Lipinski definition) is 24. The Morgan fingerprint density at radius 2 is 0.821 bits per heavy atom. The zero-order valence-corrected chi connectivity index (χ0v) is 58.4. The van der Waals surface area contributed by atoms with E-state index in [1.54, 1.807) is 12.3 Å². The fourth-order valence-electron chi connectivity index (χ4n) is 8.54. The molecule has 24 nitrogen and oxygen atoms in total. The van der Waals surface area contributed by atoms with Gasteiger partial charge in [-0.3, -0.25) is 4.98 Å². The van der Waals surface area contributed by atoms with Crippen LogP contribution in [0.3, 0.4) is 0 Å². The molecule has 6 aromatic rings. The molecule has 33 heteroatoms. The Labute approximate surface area is 588 Å². The van der Waals surface area contributed by atoms with Crippen molar-refractivity contribution in [3.05, 3.63) is 118 Å². The average Bonchev–Trinajstić information content (AvgIpc) is 2.39. The monoisotopic (exact) mass is 1500 g/mol. The summed E-state index contributed by atoms with van der Waals surface area (Å²) in [7, 11) is 1.90. The van der Waals surface area contributed by atoms with Crippen LogP contribution in [0.5, 0.6) is 0 Å². The second kappa shape index (κ2) is 33.6. The van der Waals surface area contributed by atoms with E-state index in [0.717, 1.165) is 22.8 Å². The maximum absolute atomic E-state index is 14.3. The van der Waals surface area contributed by atoms with E-state index in [4.69, 9.17) is 54.6 Å². The second-order valence-electron chi connectivity index (χ2n) is 24.2. The predicted molar refractivity (Wildman–Crippen MR) is 363 cm³/mol. The van der Waals surface area contributed by atoms with Crippen LogP contribution in [-0.2, 0) is 51.6 Å². The number of nitrogens with two attached hydrogens (primary N) is 3. The number of nitrogen functional groups attached to an aromatic ring is 3. The van der Waals surface area contributed by atoms with Crippen LogP contribution in [0.1, 0.15) is 141 Å². The summed E-state index contributed by atoms with van der Waals surface area (Å²) in [5.41, 5.74) is 17.9. The SMILES string of the molecule is C.C.CC1(C)OB(B2OC(C)(C)C(C)(C)O2)OC1(C)C.COC(=O)c1ccc(-c2nc(B3OC(C)(C)C(C)(C)O3)cnc2N)cc1F.COC(=O)c1ccc(-c2nc(Br)cnc2N)cc1F.COC(=O)c1ccc(-c2nc(C3COC3)cnc2N)cc1F.IC1COC1.[Li+].[OH-].